The number of hydrogen-bond acceptors (Lipinski definition) is 3. The Kier molecular flexibility index (Phi) is 5.17. The van der Waals surface area contributed by atoms with E-state index in [0.717, 1.165) is 6.42 Å². The first kappa shape index (κ1) is 18.9. The van der Waals surface area contributed by atoms with E-state index in [1.165, 1.54) is 18.2 Å². The topological polar surface area (TPSA) is 58.6 Å². The lowest BCUT2D eigenvalue weighted by Crippen LogP contribution is -2.42. The van der Waals surface area contributed by atoms with Gasteiger partial charge in [0.25, 0.3) is 5.91 Å². The molecule has 2 aromatic carbocycles. The summed E-state index contributed by atoms with van der Waals surface area (Å²) in [5, 5.41) is 2.69. The zero-order valence-corrected chi connectivity index (χ0v) is 15.7. The van der Waals surface area contributed by atoms with Gasteiger partial charge in [0.2, 0.25) is 5.91 Å². The van der Waals surface area contributed by atoms with Crippen molar-refractivity contribution in [2.24, 2.45) is 5.41 Å². The second-order valence-corrected chi connectivity index (χ2v) is 7.25. The standard InChI is InChI=1S/C21H23FN2O3/c1-4-11-24-17-10-9-14(12-18(17)27-13-21(2,3)20(24)26)23-19(25)15-7-5-6-8-16(15)22/h5-10,12H,4,11,13H2,1-3H3,(H,23,25). The van der Waals surface area contributed by atoms with E-state index in [0.29, 0.717) is 23.7 Å². The summed E-state index contributed by atoms with van der Waals surface area (Å²) in [4.78, 5) is 26.9. The molecular formula is C21H23FN2O3. The molecule has 0 fully saturated rings. The van der Waals surface area contributed by atoms with Crippen molar-refractivity contribution in [1.82, 2.24) is 0 Å². The highest BCUT2D eigenvalue weighted by molar-refractivity contribution is 6.05. The van der Waals surface area contributed by atoms with Gasteiger partial charge in [0, 0.05) is 18.3 Å². The molecule has 1 heterocycles. The molecule has 0 aliphatic carbocycles. The second-order valence-electron chi connectivity index (χ2n) is 7.25. The van der Waals surface area contributed by atoms with E-state index >= 15 is 0 Å². The molecule has 2 amide bonds. The highest BCUT2D eigenvalue weighted by Crippen LogP contribution is 2.38. The number of nitrogens with zero attached hydrogens (tertiary/aromatic N) is 1. The van der Waals surface area contributed by atoms with Crippen LogP contribution < -0.4 is 15.0 Å². The summed E-state index contributed by atoms with van der Waals surface area (Å²) in [6.45, 7) is 6.54. The molecule has 0 atom stereocenters. The molecule has 0 aromatic heterocycles. The lowest BCUT2D eigenvalue weighted by molar-refractivity contribution is -0.127. The van der Waals surface area contributed by atoms with Crippen LogP contribution in [0, 0.1) is 11.2 Å². The van der Waals surface area contributed by atoms with Crippen molar-refractivity contribution in [3.05, 3.63) is 53.8 Å². The zero-order valence-electron chi connectivity index (χ0n) is 15.7. The molecule has 0 bridgehead atoms. The molecule has 2 aromatic rings. The number of ether oxygens (including phenoxy) is 1. The number of fused-ring (bicyclic) bond motifs is 1. The smallest absolute Gasteiger partial charge is 0.258 e. The molecule has 1 aliphatic heterocycles. The van der Waals surface area contributed by atoms with Gasteiger partial charge in [0.05, 0.1) is 16.7 Å². The Hall–Kier alpha value is -2.89. The highest BCUT2D eigenvalue weighted by Gasteiger charge is 2.37. The number of rotatable bonds is 4. The van der Waals surface area contributed by atoms with E-state index < -0.39 is 17.1 Å². The average molecular weight is 370 g/mol. The van der Waals surface area contributed by atoms with E-state index in [2.05, 4.69) is 5.32 Å². The summed E-state index contributed by atoms with van der Waals surface area (Å²) in [6, 6.07) is 10.9. The van der Waals surface area contributed by atoms with Crippen molar-refractivity contribution < 1.29 is 18.7 Å². The van der Waals surface area contributed by atoms with Crippen LogP contribution in [0.1, 0.15) is 37.6 Å². The van der Waals surface area contributed by atoms with Gasteiger partial charge in [-0.1, -0.05) is 19.1 Å². The minimum Gasteiger partial charge on any atom is -0.490 e. The molecule has 3 rings (SSSR count). The largest absolute Gasteiger partial charge is 0.490 e. The van der Waals surface area contributed by atoms with Crippen molar-refractivity contribution >= 4 is 23.2 Å². The van der Waals surface area contributed by atoms with E-state index in [9.17, 15) is 14.0 Å². The number of hydrogen-bond donors (Lipinski definition) is 1. The van der Waals surface area contributed by atoms with Gasteiger partial charge >= 0.3 is 0 Å². The number of carbonyl (C=O) groups excluding carboxylic acids is 2. The number of nitrogens with one attached hydrogen (secondary N) is 1. The van der Waals surface area contributed by atoms with Crippen molar-refractivity contribution in [3.8, 4) is 5.75 Å². The Bertz CT molecular complexity index is 879. The summed E-state index contributed by atoms with van der Waals surface area (Å²) < 4.78 is 19.7. The molecule has 0 saturated carbocycles. The highest BCUT2D eigenvalue weighted by atomic mass is 19.1. The fraction of sp³-hybridized carbons (Fsp3) is 0.333. The third-order valence-corrected chi connectivity index (χ3v) is 4.49. The van der Waals surface area contributed by atoms with Gasteiger partial charge in [-0.2, -0.15) is 0 Å². The molecule has 27 heavy (non-hydrogen) atoms. The van der Waals surface area contributed by atoms with Crippen molar-refractivity contribution in [3.63, 3.8) is 0 Å². The van der Waals surface area contributed by atoms with Gasteiger partial charge in [0.15, 0.2) is 0 Å². The fourth-order valence-electron chi connectivity index (χ4n) is 3.01. The summed E-state index contributed by atoms with van der Waals surface area (Å²) in [6.07, 6.45) is 0.813. The molecule has 1 aliphatic rings. The summed E-state index contributed by atoms with van der Waals surface area (Å²) >= 11 is 0. The van der Waals surface area contributed by atoms with E-state index in [1.54, 1.807) is 29.2 Å². The van der Waals surface area contributed by atoms with Crippen molar-refractivity contribution in [2.75, 3.05) is 23.4 Å². The van der Waals surface area contributed by atoms with Crippen LogP contribution in [0.15, 0.2) is 42.5 Å². The third kappa shape index (κ3) is 3.79. The Morgan fingerprint density at radius 3 is 2.70 bits per heavy atom. The van der Waals surface area contributed by atoms with Crippen LogP contribution in [0.4, 0.5) is 15.8 Å². The second kappa shape index (κ2) is 7.39. The summed E-state index contributed by atoms with van der Waals surface area (Å²) in [5.74, 6) is -0.592. The third-order valence-electron chi connectivity index (χ3n) is 4.49. The molecule has 142 valence electrons. The predicted molar refractivity (Wildman–Crippen MR) is 103 cm³/mol. The van der Waals surface area contributed by atoms with Crippen LogP contribution in [0.25, 0.3) is 0 Å². The Balaban J connectivity index is 1.90. The first-order chi connectivity index (χ1) is 12.8. The SMILES string of the molecule is CCCN1C(=O)C(C)(C)COc2cc(NC(=O)c3ccccc3F)ccc21. The number of anilines is 2. The molecule has 0 spiro atoms. The quantitative estimate of drug-likeness (QED) is 0.876. The van der Waals surface area contributed by atoms with Crippen LogP contribution >= 0.6 is 0 Å². The van der Waals surface area contributed by atoms with Gasteiger partial charge in [-0.15, -0.1) is 0 Å². The van der Waals surface area contributed by atoms with Gasteiger partial charge in [-0.05, 0) is 44.5 Å². The maximum absolute atomic E-state index is 13.8. The molecule has 0 saturated heterocycles. The van der Waals surface area contributed by atoms with Crippen LogP contribution in [0.5, 0.6) is 5.75 Å². The molecule has 0 unspecified atom stereocenters. The van der Waals surface area contributed by atoms with Gasteiger partial charge < -0.3 is 15.0 Å². The maximum atomic E-state index is 13.8. The minimum absolute atomic E-state index is 0.00578. The van der Waals surface area contributed by atoms with E-state index in [1.807, 2.05) is 20.8 Å². The Morgan fingerprint density at radius 2 is 2.00 bits per heavy atom. The Morgan fingerprint density at radius 1 is 1.26 bits per heavy atom. The molecule has 5 nitrogen and oxygen atoms in total. The lowest BCUT2D eigenvalue weighted by Gasteiger charge is -2.27. The van der Waals surface area contributed by atoms with Crippen LogP contribution in [0.2, 0.25) is 0 Å². The minimum atomic E-state index is -0.648. The van der Waals surface area contributed by atoms with Crippen LogP contribution in [-0.4, -0.2) is 25.0 Å². The molecule has 6 heteroatoms. The number of carbonyl (C=O) groups is 2. The molecule has 0 radical (unpaired) electrons. The number of halogens is 1. The van der Waals surface area contributed by atoms with Crippen molar-refractivity contribution in [1.29, 1.82) is 0 Å². The van der Waals surface area contributed by atoms with E-state index in [-0.39, 0.29) is 18.1 Å². The Labute approximate surface area is 158 Å². The fourth-order valence-corrected chi connectivity index (χ4v) is 3.01. The number of benzene rings is 2. The van der Waals surface area contributed by atoms with E-state index in [4.69, 9.17) is 4.74 Å². The molecule has 1 N–H and O–H groups in total. The average Bonchev–Trinajstić information content (AvgIpc) is 2.72. The lowest BCUT2D eigenvalue weighted by atomic mass is 9.93. The summed E-state index contributed by atoms with van der Waals surface area (Å²) in [7, 11) is 0. The van der Waals surface area contributed by atoms with Gasteiger partial charge in [0.1, 0.15) is 18.2 Å². The number of amides is 2. The normalized spacial score (nSPS) is 15.6. The summed E-state index contributed by atoms with van der Waals surface area (Å²) in [5.41, 5.74) is 0.476. The van der Waals surface area contributed by atoms with Gasteiger partial charge in [-0.25, -0.2) is 4.39 Å². The molecular weight excluding hydrogens is 347 g/mol. The maximum Gasteiger partial charge on any atom is 0.258 e. The van der Waals surface area contributed by atoms with Crippen molar-refractivity contribution in [2.45, 2.75) is 27.2 Å². The van der Waals surface area contributed by atoms with Crippen LogP contribution in [-0.2, 0) is 4.79 Å². The monoisotopic (exact) mass is 370 g/mol. The van der Waals surface area contributed by atoms with Crippen LogP contribution in [0.3, 0.4) is 0 Å². The van der Waals surface area contributed by atoms with Gasteiger partial charge in [-0.3, -0.25) is 9.59 Å². The first-order valence-electron chi connectivity index (χ1n) is 8.98. The zero-order chi connectivity index (χ0) is 19.6. The predicted octanol–water partition coefficient (Wildman–Crippen LogP) is 4.24. The first-order valence-corrected chi connectivity index (χ1v) is 8.98.